The Morgan fingerprint density at radius 1 is 1.25 bits per heavy atom. The van der Waals surface area contributed by atoms with E-state index in [1.807, 2.05) is 19.1 Å². The number of aromatic hydroxyl groups is 1. The van der Waals surface area contributed by atoms with E-state index in [0.717, 1.165) is 5.56 Å². The topological polar surface area (TPSA) is 29.5 Å². The lowest BCUT2D eigenvalue weighted by molar-refractivity contribution is 0.406. The average Bonchev–Trinajstić information content (AvgIpc) is 2.24. The summed E-state index contributed by atoms with van der Waals surface area (Å²) in [7, 11) is 0. The maximum Gasteiger partial charge on any atom is 0.118 e. The van der Waals surface area contributed by atoms with Crippen molar-refractivity contribution < 1.29 is 9.84 Å². The molecule has 16 heavy (non-hydrogen) atoms. The normalized spacial score (nSPS) is 9.00. The van der Waals surface area contributed by atoms with Gasteiger partial charge in [0.25, 0.3) is 0 Å². The van der Waals surface area contributed by atoms with Gasteiger partial charge < -0.3 is 9.84 Å². The molecule has 0 aliphatic carbocycles. The SMILES string of the molecule is C=COC=C.Cc1ccc(C(C)C)cc1O. The Morgan fingerprint density at radius 2 is 1.81 bits per heavy atom. The number of phenolic OH excluding ortho intramolecular Hbond substituents is 1. The number of rotatable bonds is 3. The molecule has 0 saturated heterocycles. The van der Waals surface area contributed by atoms with Gasteiger partial charge in [0.05, 0.1) is 12.5 Å². The summed E-state index contributed by atoms with van der Waals surface area (Å²) in [6.07, 6.45) is 2.62. The van der Waals surface area contributed by atoms with Crippen molar-refractivity contribution >= 4 is 0 Å². The van der Waals surface area contributed by atoms with Gasteiger partial charge in [0.1, 0.15) is 5.75 Å². The van der Waals surface area contributed by atoms with Gasteiger partial charge in [-0.2, -0.15) is 0 Å². The second-order valence-electron chi connectivity index (χ2n) is 3.67. The molecule has 0 atom stereocenters. The molecule has 1 rings (SSSR count). The van der Waals surface area contributed by atoms with Crippen LogP contribution in [-0.2, 0) is 4.74 Å². The van der Waals surface area contributed by atoms with Gasteiger partial charge in [0.15, 0.2) is 0 Å². The van der Waals surface area contributed by atoms with Gasteiger partial charge in [-0.15, -0.1) is 0 Å². The molecule has 0 heterocycles. The van der Waals surface area contributed by atoms with Crippen molar-refractivity contribution in [3.63, 3.8) is 0 Å². The maximum absolute atomic E-state index is 9.35. The molecule has 0 aliphatic rings. The monoisotopic (exact) mass is 220 g/mol. The van der Waals surface area contributed by atoms with Crippen molar-refractivity contribution in [2.75, 3.05) is 0 Å². The van der Waals surface area contributed by atoms with E-state index in [0.29, 0.717) is 11.7 Å². The third kappa shape index (κ3) is 5.25. The summed E-state index contributed by atoms with van der Waals surface area (Å²) in [5.41, 5.74) is 2.13. The standard InChI is InChI=1S/C10H14O.C4H6O/c1-7(2)9-5-4-8(3)10(11)6-9;1-3-5-4-2/h4-7,11H,1-3H3;3-4H,1-2H2. The largest absolute Gasteiger partial charge is 0.508 e. The Bertz CT molecular complexity index is 335. The highest BCUT2D eigenvalue weighted by molar-refractivity contribution is 5.36. The van der Waals surface area contributed by atoms with E-state index >= 15 is 0 Å². The quantitative estimate of drug-likeness (QED) is 0.777. The lowest BCUT2D eigenvalue weighted by atomic mass is 10.0. The molecule has 0 aliphatic heterocycles. The predicted octanol–water partition coefficient (Wildman–Crippen LogP) is 4.11. The number of hydrogen-bond acceptors (Lipinski definition) is 2. The molecular weight excluding hydrogens is 200 g/mol. The summed E-state index contributed by atoms with van der Waals surface area (Å²) in [5, 5.41) is 9.35. The first-order chi connectivity index (χ1) is 7.52. The summed E-state index contributed by atoms with van der Waals surface area (Å²) in [4.78, 5) is 0. The van der Waals surface area contributed by atoms with Crippen LogP contribution in [0.4, 0.5) is 0 Å². The zero-order valence-corrected chi connectivity index (χ0v) is 10.2. The van der Waals surface area contributed by atoms with Crippen molar-refractivity contribution in [1.82, 2.24) is 0 Å². The van der Waals surface area contributed by atoms with Gasteiger partial charge in [-0.25, -0.2) is 0 Å². The predicted molar refractivity (Wildman–Crippen MR) is 68.4 cm³/mol. The van der Waals surface area contributed by atoms with Gasteiger partial charge in [-0.1, -0.05) is 39.1 Å². The van der Waals surface area contributed by atoms with E-state index in [1.165, 1.54) is 18.1 Å². The molecule has 2 nitrogen and oxygen atoms in total. The van der Waals surface area contributed by atoms with Gasteiger partial charge in [-0.05, 0) is 30.0 Å². The molecule has 0 radical (unpaired) electrons. The minimum atomic E-state index is 0.399. The molecule has 1 aromatic carbocycles. The van der Waals surface area contributed by atoms with Crippen LogP contribution in [0.15, 0.2) is 43.9 Å². The fraction of sp³-hybridized carbons (Fsp3) is 0.286. The van der Waals surface area contributed by atoms with Crippen molar-refractivity contribution in [2.24, 2.45) is 0 Å². The zero-order valence-electron chi connectivity index (χ0n) is 10.2. The molecule has 2 heteroatoms. The van der Waals surface area contributed by atoms with E-state index in [2.05, 4.69) is 37.8 Å². The smallest absolute Gasteiger partial charge is 0.118 e. The molecule has 88 valence electrons. The Balaban J connectivity index is 0.000000385. The first-order valence-electron chi connectivity index (χ1n) is 5.19. The van der Waals surface area contributed by atoms with Crippen LogP contribution in [0.3, 0.4) is 0 Å². The fourth-order valence-electron chi connectivity index (χ4n) is 1.05. The average molecular weight is 220 g/mol. The molecule has 0 fully saturated rings. The summed E-state index contributed by atoms with van der Waals surface area (Å²) >= 11 is 0. The summed E-state index contributed by atoms with van der Waals surface area (Å²) < 4.78 is 4.36. The van der Waals surface area contributed by atoms with E-state index < -0.39 is 0 Å². The highest BCUT2D eigenvalue weighted by Crippen LogP contribution is 2.22. The molecule has 0 spiro atoms. The summed E-state index contributed by atoms with van der Waals surface area (Å²) in [5.74, 6) is 0.887. The number of phenols is 1. The van der Waals surface area contributed by atoms with E-state index in [9.17, 15) is 5.11 Å². The maximum atomic E-state index is 9.35. The minimum Gasteiger partial charge on any atom is -0.508 e. The van der Waals surface area contributed by atoms with Gasteiger partial charge in [0, 0.05) is 0 Å². The van der Waals surface area contributed by atoms with Crippen LogP contribution in [0.2, 0.25) is 0 Å². The third-order valence-corrected chi connectivity index (χ3v) is 2.09. The molecule has 0 amide bonds. The minimum absolute atomic E-state index is 0.399. The Labute approximate surface area is 97.9 Å². The highest BCUT2D eigenvalue weighted by Gasteiger charge is 2.00. The van der Waals surface area contributed by atoms with Crippen molar-refractivity contribution in [3.05, 3.63) is 55.0 Å². The number of aryl methyl sites for hydroxylation is 1. The van der Waals surface area contributed by atoms with Crippen LogP contribution >= 0.6 is 0 Å². The highest BCUT2D eigenvalue weighted by atomic mass is 16.5. The van der Waals surface area contributed by atoms with Gasteiger partial charge in [-0.3, -0.25) is 0 Å². The van der Waals surface area contributed by atoms with Crippen LogP contribution in [0, 0.1) is 6.92 Å². The number of hydrogen-bond donors (Lipinski definition) is 1. The molecule has 0 saturated carbocycles. The summed E-state index contributed by atoms with van der Waals surface area (Å²) in [6.45, 7) is 12.6. The van der Waals surface area contributed by atoms with Gasteiger partial charge >= 0.3 is 0 Å². The molecule has 1 N–H and O–H groups in total. The van der Waals surface area contributed by atoms with Crippen LogP contribution in [0.5, 0.6) is 5.75 Å². The Morgan fingerprint density at radius 3 is 2.12 bits per heavy atom. The van der Waals surface area contributed by atoms with Crippen LogP contribution in [0.25, 0.3) is 0 Å². The molecular formula is C14H20O2. The van der Waals surface area contributed by atoms with E-state index in [1.54, 1.807) is 0 Å². The first kappa shape index (κ1) is 14.3. The van der Waals surface area contributed by atoms with Crippen LogP contribution < -0.4 is 0 Å². The molecule has 1 aromatic rings. The number of ether oxygens (including phenoxy) is 1. The second kappa shape index (κ2) is 7.57. The van der Waals surface area contributed by atoms with Crippen molar-refractivity contribution in [1.29, 1.82) is 0 Å². The molecule has 0 aromatic heterocycles. The van der Waals surface area contributed by atoms with E-state index in [4.69, 9.17) is 0 Å². The summed E-state index contributed by atoms with van der Waals surface area (Å²) in [6, 6.07) is 5.84. The zero-order chi connectivity index (χ0) is 12.6. The van der Waals surface area contributed by atoms with Crippen molar-refractivity contribution in [3.8, 4) is 5.75 Å². The molecule has 0 bridgehead atoms. The van der Waals surface area contributed by atoms with Crippen LogP contribution in [0.1, 0.15) is 30.9 Å². The number of benzene rings is 1. The second-order valence-corrected chi connectivity index (χ2v) is 3.67. The first-order valence-corrected chi connectivity index (χ1v) is 5.19. The van der Waals surface area contributed by atoms with E-state index in [-0.39, 0.29) is 0 Å². The van der Waals surface area contributed by atoms with Gasteiger partial charge in [0.2, 0.25) is 0 Å². The molecule has 0 unspecified atom stereocenters. The van der Waals surface area contributed by atoms with Crippen molar-refractivity contribution in [2.45, 2.75) is 26.7 Å². The third-order valence-electron chi connectivity index (χ3n) is 2.09. The lowest BCUT2D eigenvalue weighted by Gasteiger charge is -2.06. The lowest BCUT2D eigenvalue weighted by Crippen LogP contribution is -1.86. The fourth-order valence-corrected chi connectivity index (χ4v) is 1.05. The Kier molecular flexibility index (Phi) is 6.77. The van der Waals surface area contributed by atoms with Crippen LogP contribution in [-0.4, -0.2) is 5.11 Å². The Hall–Kier alpha value is -1.70.